The Balaban J connectivity index is 1.94. The highest BCUT2D eigenvalue weighted by molar-refractivity contribution is 5.87. The molecule has 2 atom stereocenters. The van der Waals surface area contributed by atoms with E-state index in [2.05, 4.69) is 29.4 Å². The summed E-state index contributed by atoms with van der Waals surface area (Å²) in [6, 6.07) is 8.61. The van der Waals surface area contributed by atoms with Crippen LogP contribution in [-0.4, -0.2) is 16.6 Å². The molecule has 1 aromatic carbocycles. The van der Waals surface area contributed by atoms with Crippen LogP contribution in [0.3, 0.4) is 0 Å². The standard InChI is InChI=1S/C15H18N2O/c1-10-2-5-14(17-9-10)12-3-4-13-11(8-12)6-7-16-15(13)18/h3-4,6-8,10,14,17H,2,5,9H2,1H3,(H,16,18). The second kappa shape index (κ2) is 4.58. The fourth-order valence-electron chi connectivity index (χ4n) is 2.68. The van der Waals surface area contributed by atoms with Gasteiger partial charge in [0, 0.05) is 17.6 Å². The van der Waals surface area contributed by atoms with Crippen molar-refractivity contribution in [2.24, 2.45) is 5.92 Å². The minimum Gasteiger partial charge on any atom is -0.493 e. The molecule has 1 aromatic heterocycles. The first-order valence-corrected chi connectivity index (χ1v) is 6.55. The molecular weight excluding hydrogens is 224 g/mol. The summed E-state index contributed by atoms with van der Waals surface area (Å²) in [6.07, 6.45) is 4.11. The molecule has 0 bridgehead atoms. The number of aromatic hydroxyl groups is 1. The van der Waals surface area contributed by atoms with Crippen LogP contribution in [0.4, 0.5) is 0 Å². The van der Waals surface area contributed by atoms with Gasteiger partial charge in [-0.05, 0) is 54.5 Å². The van der Waals surface area contributed by atoms with E-state index >= 15 is 0 Å². The van der Waals surface area contributed by atoms with Crippen molar-refractivity contribution in [3.8, 4) is 5.88 Å². The van der Waals surface area contributed by atoms with Crippen LogP contribution in [0.25, 0.3) is 10.8 Å². The molecule has 1 fully saturated rings. The summed E-state index contributed by atoms with van der Waals surface area (Å²) in [6.45, 7) is 3.37. The molecule has 94 valence electrons. The first-order valence-electron chi connectivity index (χ1n) is 6.55. The number of aromatic nitrogens is 1. The largest absolute Gasteiger partial charge is 0.493 e. The lowest BCUT2D eigenvalue weighted by Crippen LogP contribution is -2.31. The predicted octanol–water partition coefficient (Wildman–Crippen LogP) is 3.00. The second-order valence-corrected chi connectivity index (χ2v) is 5.26. The Kier molecular flexibility index (Phi) is 2.92. The smallest absolute Gasteiger partial charge is 0.218 e. The van der Waals surface area contributed by atoms with Gasteiger partial charge in [0.25, 0.3) is 0 Å². The Labute approximate surface area is 107 Å². The van der Waals surface area contributed by atoms with Gasteiger partial charge in [-0.2, -0.15) is 0 Å². The maximum Gasteiger partial charge on any atom is 0.218 e. The van der Waals surface area contributed by atoms with Gasteiger partial charge in [0.05, 0.1) is 0 Å². The molecule has 1 aliphatic heterocycles. The van der Waals surface area contributed by atoms with E-state index in [1.807, 2.05) is 12.1 Å². The number of piperidine rings is 1. The minimum atomic E-state index is 0.115. The lowest BCUT2D eigenvalue weighted by atomic mass is 9.91. The van der Waals surface area contributed by atoms with Crippen molar-refractivity contribution in [3.63, 3.8) is 0 Å². The van der Waals surface area contributed by atoms with E-state index in [9.17, 15) is 5.11 Å². The van der Waals surface area contributed by atoms with Gasteiger partial charge in [-0.25, -0.2) is 4.98 Å². The van der Waals surface area contributed by atoms with Crippen molar-refractivity contribution in [1.29, 1.82) is 0 Å². The average molecular weight is 242 g/mol. The molecule has 0 saturated carbocycles. The molecule has 0 amide bonds. The van der Waals surface area contributed by atoms with Crippen molar-refractivity contribution >= 4 is 10.8 Å². The van der Waals surface area contributed by atoms with E-state index in [0.29, 0.717) is 6.04 Å². The highest BCUT2D eigenvalue weighted by Gasteiger charge is 2.19. The van der Waals surface area contributed by atoms with E-state index in [0.717, 1.165) is 23.2 Å². The van der Waals surface area contributed by atoms with Crippen molar-refractivity contribution in [2.75, 3.05) is 6.54 Å². The van der Waals surface area contributed by atoms with E-state index in [-0.39, 0.29) is 5.88 Å². The Morgan fingerprint density at radius 1 is 1.28 bits per heavy atom. The minimum absolute atomic E-state index is 0.115. The van der Waals surface area contributed by atoms with E-state index in [1.165, 1.54) is 18.4 Å². The molecule has 18 heavy (non-hydrogen) atoms. The molecule has 2 heterocycles. The third-order valence-corrected chi connectivity index (χ3v) is 3.83. The summed E-state index contributed by atoms with van der Waals surface area (Å²) in [5.41, 5.74) is 1.31. The fraction of sp³-hybridized carbons (Fsp3) is 0.400. The van der Waals surface area contributed by atoms with Crippen molar-refractivity contribution in [2.45, 2.75) is 25.8 Å². The summed E-state index contributed by atoms with van der Waals surface area (Å²) >= 11 is 0. The van der Waals surface area contributed by atoms with E-state index in [1.54, 1.807) is 6.20 Å². The summed E-state index contributed by atoms with van der Waals surface area (Å²) in [5.74, 6) is 0.888. The van der Waals surface area contributed by atoms with Crippen LogP contribution in [-0.2, 0) is 0 Å². The fourth-order valence-corrected chi connectivity index (χ4v) is 2.68. The molecule has 3 heteroatoms. The molecule has 0 spiro atoms. The van der Waals surface area contributed by atoms with Gasteiger partial charge < -0.3 is 10.4 Å². The van der Waals surface area contributed by atoms with Crippen LogP contribution in [0.1, 0.15) is 31.4 Å². The van der Waals surface area contributed by atoms with E-state index in [4.69, 9.17) is 0 Å². The highest BCUT2D eigenvalue weighted by atomic mass is 16.3. The van der Waals surface area contributed by atoms with Crippen molar-refractivity contribution < 1.29 is 5.11 Å². The van der Waals surface area contributed by atoms with Gasteiger partial charge in [-0.3, -0.25) is 0 Å². The number of nitrogens with zero attached hydrogens (tertiary/aromatic N) is 1. The maximum absolute atomic E-state index is 9.68. The zero-order valence-electron chi connectivity index (χ0n) is 10.6. The molecule has 2 aromatic rings. The second-order valence-electron chi connectivity index (χ2n) is 5.26. The number of rotatable bonds is 1. The van der Waals surface area contributed by atoms with Crippen LogP contribution >= 0.6 is 0 Å². The van der Waals surface area contributed by atoms with Crippen LogP contribution in [0.5, 0.6) is 5.88 Å². The summed E-state index contributed by atoms with van der Waals surface area (Å²) < 4.78 is 0. The Hall–Kier alpha value is -1.61. The number of hydrogen-bond donors (Lipinski definition) is 2. The maximum atomic E-state index is 9.68. The quantitative estimate of drug-likeness (QED) is 0.808. The first kappa shape index (κ1) is 11.5. The molecule has 2 unspecified atom stereocenters. The van der Waals surface area contributed by atoms with Gasteiger partial charge >= 0.3 is 0 Å². The zero-order valence-corrected chi connectivity index (χ0v) is 10.6. The molecule has 1 saturated heterocycles. The third-order valence-electron chi connectivity index (χ3n) is 3.83. The Bertz CT molecular complexity index is 559. The molecule has 3 nitrogen and oxygen atoms in total. The topological polar surface area (TPSA) is 45.2 Å². The Morgan fingerprint density at radius 2 is 2.17 bits per heavy atom. The number of fused-ring (bicyclic) bond motifs is 1. The van der Waals surface area contributed by atoms with Crippen molar-refractivity contribution in [3.05, 3.63) is 36.0 Å². The summed E-state index contributed by atoms with van der Waals surface area (Å²) in [5, 5.41) is 15.1. The van der Waals surface area contributed by atoms with Crippen LogP contribution in [0.2, 0.25) is 0 Å². The third kappa shape index (κ3) is 2.06. The lowest BCUT2D eigenvalue weighted by molar-refractivity contribution is 0.333. The molecular formula is C15H18N2O. The zero-order chi connectivity index (χ0) is 12.5. The molecule has 1 aliphatic rings. The number of hydrogen-bond acceptors (Lipinski definition) is 3. The normalized spacial score (nSPS) is 24.3. The number of nitrogens with one attached hydrogen (secondary N) is 1. The lowest BCUT2D eigenvalue weighted by Gasteiger charge is -2.28. The van der Waals surface area contributed by atoms with Gasteiger partial charge in [-0.1, -0.05) is 13.0 Å². The molecule has 2 N–H and O–H groups in total. The molecule has 0 radical (unpaired) electrons. The summed E-state index contributed by atoms with van der Waals surface area (Å²) in [7, 11) is 0. The van der Waals surface area contributed by atoms with Crippen LogP contribution in [0.15, 0.2) is 30.5 Å². The van der Waals surface area contributed by atoms with Crippen LogP contribution < -0.4 is 5.32 Å². The van der Waals surface area contributed by atoms with E-state index < -0.39 is 0 Å². The molecule has 3 rings (SSSR count). The highest BCUT2D eigenvalue weighted by Crippen LogP contribution is 2.29. The van der Waals surface area contributed by atoms with Gasteiger partial charge in [0.1, 0.15) is 0 Å². The first-order chi connectivity index (χ1) is 8.74. The predicted molar refractivity (Wildman–Crippen MR) is 72.5 cm³/mol. The van der Waals surface area contributed by atoms with Gasteiger partial charge in [-0.15, -0.1) is 0 Å². The number of pyridine rings is 1. The van der Waals surface area contributed by atoms with Crippen LogP contribution in [0, 0.1) is 5.92 Å². The molecule has 0 aliphatic carbocycles. The van der Waals surface area contributed by atoms with Gasteiger partial charge in [0.15, 0.2) is 0 Å². The Morgan fingerprint density at radius 3 is 2.94 bits per heavy atom. The summed E-state index contributed by atoms with van der Waals surface area (Å²) in [4.78, 5) is 3.90. The monoisotopic (exact) mass is 242 g/mol. The number of benzene rings is 1. The SMILES string of the molecule is CC1CCC(c2ccc3c(O)nccc3c2)NC1. The average Bonchev–Trinajstić information content (AvgIpc) is 2.39. The van der Waals surface area contributed by atoms with Crippen molar-refractivity contribution in [1.82, 2.24) is 10.3 Å². The van der Waals surface area contributed by atoms with Gasteiger partial charge in [0.2, 0.25) is 5.88 Å².